The summed E-state index contributed by atoms with van der Waals surface area (Å²) < 4.78 is 0. The lowest BCUT2D eigenvalue weighted by Crippen LogP contribution is -2.39. The first-order valence-corrected chi connectivity index (χ1v) is 9.17. The normalized spacial score (nSPS) is 23.0. The second-order valence-corrected chi connectivity index (χ2v) is 7.06. The van der Waals surface area contributed by atoms with E-state index in [0.29, 0.717) is 18.3 Å². The van der Waals surface area contributed by atoms with Gasteiger partial charge in [0.2, 0.25) is 5.91 Å². The standard InChI is InChI=1S/C20H27N3O2/c1-3-19(24)22-18-10-8-15(9-11-18)14(2)21-20(25)23-12-16-6-4-5-7-17(16)13-23/h4-5,8-11,14,16-17H,3,6-7,12-13H2,1-2H3,(H,21,25)(H,22,24)/t14-,16-,17+/m0/s1. The summed E-state index contributed by atoms with van der Waals surface area (Å²) in [6.07, 6.45) is 7.12. The van der Waals surface area contributed by atoms with E-state index in [1.165, 1.54) is 0 Å². The van der Waals surface area contributed by atoms with Crippen molar-refractivity contribution in [2.45, 2.75) is 39.2 Å². The van der Waals surface area contributed by atoms with Crippen LogP contribution in [-0.2, 0) is 4.79 Å². The molecule has 0 unspecified atom stereocenters. The van der Waals surface area contributed by atoms with Gasteiger partial charge in [-0.1, -0.05) is 31.2 Å². The van der Waals surface area contributed by atoms with Crippen LogP contribution in [-0.4, -0.2) is 29.9 Å². The van der Waals surface area contributed by atoms with Crippen molar-refractivity contribution in [1.82, 2.24) is 10.2 Å². The minimum atomic E-state index is -0.0656. The fourth-order valence-corrected chi connectivity index (χ4v) is 3.64. The fraction of sp³-hybridized carbons (Fsp3) is 0.500. The zero-order chi connectivity index (χ0) is 17.8. The molecule has 0 radical (unpaired) electrons. The molecule has 3 rings (SSSR count). The molecule has 1 fully saturated rings. The van der Waals surface area contributed by atoms with Gasteiger partial charge in [-0.25, -0.2) is 4.79 Å². The minimum absolute atomic E-state index is 0.000841. The van der Waals surface area contributed by atoms with Gasteiger partial charge in [0.15, 0.2) is 0 Å². The van der Waals surface area contributed by atoms with Gasteiger partial charge in [-0.2, -0.15) is 0 Å². The lowest BCUT2D eigenvalue weighted by molar-refractivity contribution is -0.115. The molecular weight excluding hydrogens is 314 g/mol. The Morgan fingerprint density at radius 3 is 2.28 bits per heavy atom. The first kappa shape index (κ1) is 17.5. The Kier molecular flexibility index (Phi) is 5.41. The van der Waals surface area contributed by atoms with E-state index in [2.05, 4.69) is 22.8 Å². The number of benzene rings is 1. The van der Waals surface area contributed by atoms with E-state index in [-0.39, 0.29) is 18.0 Å². The van der Waals surface area contributed by atoms with Crippen LogP contribution >= 0.6 is 0 Å². The van der Waals surface area contributed by atoms with Crippen LogP contribution in [0.2, 0.25) is 0 Å². The topological polar surface area (TPSA) is 61.4 Å². The molecule has 134 valence electrons. The quantitative estimate of drug-likeness (QED) is 0.820. The SMILES string of the molecule is CCC(=O)Nc1ccc([C@H](C)NC(=O)N2C[C@H]3CC=CC[C@H]3C2)cc1. The first-order valence-electron chi connectivity index (χ1n) is 9.17. The zero-order valence-corrected chi connectivity index (χ0v) is 15.0. The monoisotopic (exact) mass is 341 g/mol. The number of amides is 3. The number of anilines is 1. The molecule has 1 aromatic rings. The number of rotatable bonds is 4. The van der Waals surface area contributed by atoms with Crippen molar-refractivity contribution >= 4 is 17.6 Å². The molecule has 5 nitrogen and oxygen atoms in total. The maximum atomic E-state index is 12.6. The van der Waals surface area contributed by atoms with E-state index in [1.807, 2.05) is 43.0 Å². The minimum Gasteiger partial charge on any atom is -0.331 e. The van der Waals surface area contributed by atoms with Crippen molar-refractivity contribution in [2.75, 3.05) is 18.4 Å². The van der Waals surface area contributed by atoms with Gasteiger partial charge < -0.3 is 15.5 Å². The highest BCUT2D eigenvalue weighted by molar-refractivity contribution is 5.90. The highest BCUT2D eigenvalue weighted by Gasteiger charge is 2.35. The van der Waals surface area contributed by atoms with Crippen molar-refractivity contribution in [3.63, 3.8) is 0 Å². The number of allylic oxidation sites excluding steroid dienone is 2. The largest absolute Gasteiger partial charge is 0.331 e. The van der Waals surface area contributed by atoms with Crippen LogP contribution < -0.4 is 10.6 Å². The van der Waals surface area contributed by atoms with Crippen LogP contribution in [0.15, 0.2) is 36.4 Å². The van der Waals surface area contributed by atoms with Gasteiger partial charge in [0, 0.05) is 25.2 Å². The van der Waals surface area contributed by atoms with Gasteiger partial charge in [-0.3, -0.25) is 4.79 Å². The Bertz CT molecular complexity index is 637. The third-order valence-corrected chi connectivity index (χ3v) is 5.26. The summed E-state index contributed by atoms with van der Waals surface area (Å²) in [7, 11) is 0. The molecule has 2 aliphatic rings. The van der Waals surface area contributed by atoms with Gasteiger partial charge in [0.25, 0.3) is 0 Å². The van der Waals surface area contributed by atoms with Crippen molar-refractivity contribution in [1.29, 1.82) is 0 Å². The van der Waals surface area contributed by atoms with E-state index >= 15 is 0 Å². The number of carbonyl (C=O) groups excluding carboxylic acids is 2. The molecule has 1 aromatic carbocycles. The lowest BCUT2D eigenvalue weighted by atomic mass is 9.86. The van der Waals surface area contributed by atoms with E-state index in [9.17, 15) is 9.59 Å². The predicted octanol–water partition coefficient (Wildman–Crippen LogP) is 3.70. The predicted molar refractivity (Wildman–Crippen MR) is 99.2 cm³/mol. The van der Waals surface area contributed by atoms with Gasteiger partial charge in [0.1, 0.15) is 0 Å². The Hall–Kier alpha value is -2.30. The number of hydrogen-bond acceptors (Lipinski definition) is 2. The molecule has 1 heterocycles. The molecule has 2 N–H and O–H groups in total. The molecule has 1 saturated heterocycles. The van der Waals surface area contributed by atoms with Crippen molar-refractivity contribution in [2.24, 2.45) is 11.8 Å². The van der Waals surface area contributed by atoms with Crippen molar-refractivity contribution < 1.29 is 9.59 Å². The molecule has 0 saturated carbocycles. The zero-order valence-electron chi connectivity index (χ0n) is 15.0. The molecule has 0 aromatic heterocycles. The summed E-state index contributed by atoms with van der Waals surface area (Å²) in [5.74, 6) is 1.24. The van der Waals surface area contributed by atoms with Crippen LogP contribution in [0.1, 0.15) is 44.7 Å². The van der Waals surface area contributed by atoms with Crippen molar-refractivity contribution in [3.05, 3.63) is 42.0 Å². The van der Waals surface area contributed by atoms with Crippen LogP contribution in [0.25, 0.3) is 0 Å². The number of carbonyl (C=O) groups is 2. The average Bonchev–Trinajstić information content (AvgIpc) is 3.06. The molecular formula is C20H27N3O2. The fourth-order valence-electron chi connectivity index (χ4n) is 3.64. The number of nitrogens with one attached hydrogen (secondary N) is 2. The van der Waals surface area contributed by atoms with Gasteiger partial charge >= 0.3 is 6.03 Å². The van der Waals surface area contributed by atoms with Crippen molar-refractivity contribution in [3.8, 4) is 0 Å². The summed E-state index contributed by atoms with van der Waals surface area (Å²) >= 11 is 0. The first-order chi connectivity index (χ1) is 12.1. The Morgan fingerprint density at radius 2 is 1.72 bits per heavy atom. The van der Waals surface area contributed by atoms with Gasteiger partial charge in [0.05, 0.1) is 6.04 Å². The summed E-state index contributed by atoms with van der Waals surface area (Å²) in [6, 6.07) is 7.60. The molecule has 0 bridgehead atoms. The van der Waals surface area contributed by atoms with Gasteiger partial charge in [-0.15, -0.1) is 0 Å². The van der Waals surface area contributed by atoms with Crippen LogP contribution in [0.5, 0.6) is 0 Å². The summed E-state index contributed by atoms with van der Waals surface area (Å²) in [4.78, 5) is 25.9. The second kappa shape index (κ2) is 7.72. The molecule has 3 atom stereocenters. The van der Waals surface area contributed by atoms with Crippen LogP contribution in [0.3, 0.4) is 0 Å². The number of urea groups is 1. The summed E-state index contributed by atoms with van der Waals surface area (Å²) in [5.41, 5.74) is 1.81. The molecule has 1 aliphatic heterocycles. The summed E-state index contributed by atoms with van der Waals surface area (Å²) in [6.45, 7) is 5.53. The molecule has 25 heavy (non-hydrogen) atoms. The highest BCUT2D eigenvalue weighted by atomic mass is 16.2. The molecule has 5 heteroatoms. The van der Waals surface area contributed by atoms with Gasteiger partial charge in [-0.05, 0) is 49.3 Å². The maximum Gasteiger partial charge on any atom is 0.317 e. The van der Waals surface area contributed by atoms with E-state index in [4.69, 9.17) is 0 Å². The molecule has 1 aliphatic carbocycles. The van der Waals surface area contributed by atoms with E-state index in [1.54, 1.807) is 0 Å². The number of hydrogen-bond donors (Lipinski definition) is 2. The van der Waals surface area contributed by atoms with Crippen LogP contribution in [0.4, 0.5) is 10.5 Å². The van der Waals surface area contributed by atoms with Crippen LogP contribution in [0, 0.1) is 11.8 Å². The van der Waals surface area contributed by atoms with E-state index in [0.717, 1.165) is 37.2 Å². The third-order valence-electron chi connectivity index (χ3n) is 5.26. The highest BCUT2D eigenvalue weighted by Crippen LogP contribution is 2.32. The Balaban J connectivity index is 1.54. The lowest BCUT2D eigenvalue weighted by Gasteiger charge is -2.21. The average molecular weight is 341 g/mol. The third kappa shape index (κ3) is 4.21. The Morgan fingerprint density at radius 1 is 1.12 bits per heavy atom. The molecule has 3 amide bonds. The number of likely N-dealkylation sites (tertiary alicyclic amines) is 1. The number of nitrogens with zero attached hydrogens (tertiary/aromatic N) is 1. The smallest absolute Gasteiger partial charge is 0.317 e. The molecule has 0 spiro atoms. The maximum absolute atomic E-state index is 12.6. The number of fused-ring (bicyclic) bond motifs is 1. The summed E-state index contributed by atoms with van der Waals surface area (Å²) in [5, 5.41) is 5.93. The second-order valence-electron chi connectivity index (χ2n) is 7.06. The van der Waals surface area contributed by atoms with E-state index < -0.39 is 0 Å². The Labute approximate surface area is 149 Å².